The van der Waals surface area contributed by atoms with Gasteiger partial charge in [-0.05, 0) is 43.0 Å². The number of nitrogens with zero attached hydrogens (tertiary/aromatic N) is 2. The van der Waals surface area contributed by atoms with E-state index in [0.717, 1.165) is 19.5 Å². The normalized spacial score (nSPS) is 16.3. The average molecular weight is 419 g/mol. The number of amides is 2. The first-order chi connectivity index (χ1) is 14.0. The van der Waals surface area contributed by atoms with Crippen LogP contribution in [-0.4, -0.2) is 66.9 Å². The second-order valence-corrected chi connectivity index (χ2v) is 8.20. The van der Waals surface area contributed by atoms with E-state index in [4.69, 9.17) is 0 Å². The molecule has 0 radical (unpaired) electrons. The molecule has 3 rings (SSSR count). The molecule has 0 aliphatic carbocycles. The van der Waals surface area contributed by atoms with Crippen LogP contribution in [0.4, 0.5) is 10.1 Å². The van der Waals surface area contributed by atoms with Crippen LogP contribution in [0.3, 0.4) is 0 Å². The highest BCUT2D eigenvalue weighted by Crippen LogP contribution is 2.11. The highest BCUT2D eigenvalue weighted by molar-refractivity contribution is 7.09. The summed E-state index contributed by atoms with van der Waals surface area (Å²) in [6, 6.07) is 9.77. The van der Waals surface area contributed by atoms with Crippen molar-refractivity contribution >= 4 is 28.8 Å². The van der Waals surface area contributed by atoms with Crippen molar-refractivity contribution in [1.82, 2.24) is 15.1 Å². The first kappa shape index (κ1) is 21.4. The highest BCUT2D eigenvalue weighted by atomic mass is 32.1. The standard InChI is InChI=1S/C21H27FN4O2S/c1-16(21(28)23-8-7-19-6-3-13-29-19)26-11-9-25(10-12-26)15-20(27)24-18-5-2-4-17(22)14-18/h2-6,13-14,16H,7-12,15H2,1H3,(H,23,28)(H,24,27)/t16-/m0/s1. The van der Waals surface area contributed by atoms with Crippen molar-refractivity contribution in [3.63, 3.8) is 0 Å². The quantitative estimate of drug-likeness (QED) is 0.690. The van der Waals surface area contributed by atoms with E-state index in [1.54, 1.807) is 23.5 Å². The summed E-state index contributed by atoms with van der Waals surface area (Å²) in [7, 11) is 0. The summed E-state index contributed by atoms with van der Waals surface area (Å²) in [5, 5.41) is 7.77. The van der Waals surface area contributed by atoms with Crippen molar-refractivity contribution in [2.45, 2.75) is 19.4 Å². The highest BCUT2D eigenvalue weighted by Gasteiger charge is 2.26. The van der Waals surface area contributed by atoms with Crippen LogP contribution >= 0.6 is 11.3 Å². The van der Waals surface area contributed by atoms with Crippen LogP contribution in [0, 0.1) is 5.82 Å². The Labute approximate surface area is 174 Å². The third-order valence-electron chi connectivity index (χ3n) is 5.06. The largest absolute Gasteiger partial charge is 0.354 e. The zero-order valence-corrected chi connectivity index (χ0v) is 17.4. The first-order valence-corrected chi connectivity index (χ1v) is 10.7. The van der Waals surface area contributed by atoms with Crippen LogP contribution in [0.15, 0.2) is 41.8 Å². The van der Waals surface area contributed by atoms with Gasteiger partial charge in [-0.15, -0.1) is 11.3 Å². The van der Waals surface area contributed by atoms with Crippen LogP contribution < -0.4 is 10.6 Å². The first-order valence-electron chi connectivity index (χ1n) is 9.83. The van der Waals surface area contributed by atoms with Gasteiger partial charge < -0.3 is 10.6 Å². The third-order valence-corrected chi connectivity index (χ3v) is 6.00. The second-order valence-electron chi connectivity index (χ2n) is 7.17. The summed E-state index contributed by atoms with van der Waals surface area (Å²) in [5.41, 5.74) is 0.460. The molecule has 29 heavy (non-hydrogen) atoms. The lowest BCUT2D eigenvalue weighted by atomic mass is 10.2. The number of rotatable bonds is 8. The van der Waals surface area contributed by atoms with Gasteiger partial charge in [-0.1, -0.05) is 12.1 Å². The molecule has 156 valence electrons. The lowest BCUT2D eigenvalue weighted by molar-refractivity contribution is -0.127. The summed E-state index contributed by atoms with van der Waals surface area (Å²) in [6.45, 7) is 5.70. The molecule has 0 bridgehead atoms. The zero-order chi connectivity index (χ0) is 20.6. The molecule has 2 N–H and O–H groups in total. The SMILES string of the molecule is C[C@@H](C(=O)NCCc1cccs1)N1CCN(CC(=O)Nc2cccc(F)c2)CC1. The molecule has 1 aliphatic rings. The van der Waals surface area contributed by atoms with Gasteiger partial charge in [0.25, 0.3) is 0 Å². The lowest BCUT2D eigenvalue weighted by Gasteiger charge is -2.37. The molecule has 0 spiro atoms. The van der Waals surface area contributed by atoms with Gasteiger partial charge in [0.2, 0.25) is 11.8 Å². The molecular formula is C21H27FN4O2S. The number of nitrogens with one attached hydrogen (secondary N) is 2. The van der Waals surface area contributed by atoms with Gasteiger partial charge in [0, 0.05) is 43.3 Å². The minimum atomic E-state index is -0.376. The summed E-state index contributed by atoms with van der Waals surface area (Å²) in [4.78, 5) is 30.0. The number of hydrogen-bond acceptors (Lipinski definition) is 5. The Morgan fingerprint density at radius 2 is 1.97 bits per heavy atom. The van der Waals surface area contributed by atoms with Crippen LogP contribution in [0.2, 0.25) is 0 Å². The number of benzene rings is 1. The van der Waals surface area contributed by atoms with Gasteiger partial charge in [-0.3, -0.25) is 19.4 Å². The summed E-state index contributed by atoms with van der Waals surface area (Å²) in [5.74, 6) is -0.499. The molecule has 8 heteroatoms. The average Bonchev–Trinajstić information content (AvgIpc) is 3.21. The van der Waals surface area contributed by atoms with Crippen LogP contribution in [0.1, 0.15) is 11.8 Å². The minimum Gasteiger partial charge on any atom is -0.354 e. The Balaban J connectivity index is 1.36. The molecule has 1 aromatic heterocycles. The third kappa shape index (κ3) is 6.62. The van der Waals surface area contributed by atoms with Crippen molar-refractivity contribution < 1.29 is 14.0 Å². The fourth-order valence-corrected chi connectivity index (χ4v) is 4.06. The number of anilines is 1. The zero-order valence-electron chi connectivity index (χ0n) is 16.6. The van der Waals surface area contributed by atoms with E-state index in [-0.39, 0.29) is 30.2 Å². The Morgan fingerprint density at radius 1 is 1.17 bits per heavy atom. The summed E-state index contributed by atoms with van der Waals surface area (Å²) >= 11 is 1.70. The van der Waals surface area contributed by atoms with E-state index in [1.807, 2.05) is 23.3 Å². The molecular weight excluding hydrogens is 391 g/mol. The fraction of sp³-hybridized carbons (Fsp3) is 0.429. The maximum absolute atomic E-state index is 13.2. The Morgan fingerprint density at radius 3 is 2.66 bits per heavy atom. The smallest absolute Gasteiger partial charge is 0.238 e. The number of hydrogen-bond donors (Lipinski definition) is 2. The molecule has 1 aromatic carbocycles. The molecule has 1 aliphatic heterocycles. The predicted molar refractivity (Wildman–Crippen MR) is 114 cm³/mol. The maximum Gasteiger partial charge on any atom is 0.238 e. The lowest BCUT2D eigenvalue weighted by Crippen LogP contribution is -2.54. The number of carbonyl (C=O) groups excluding carboxylic acids is 2. The van der Waals surface area contributed by atoms with E-state index in [1.165, 1.54) is 17.0 Å². The topological polar surface area (TPSA) is 64.7 Å². The molecule has 2 heterocycles. The Kier molecular flexibility index (Phi) is 7.74. The van der Waals surface area contributed by atoms with Gasteiger partial charge in [0.05, 0.1) is 12.6 Å². The molecule has 2 amide bonds. The minimum absolute atomic E-state index is 0.0406. The van der Waals surface area contributed by atoms with Crippen molar-refractivity contribution in [3.8, 4) is 0 Å². The molecule has 6 nitrogen and oxygen atoms in total. The van der Waals surface area contributed by atoms with Crippen molar-refractivity contribution in [2.75, 3.05) is 44.6 Å². The summed E-state index contributed by atoms with van der Waals surface area (Å²) < 4.78 is 13.2. The molecule has 0 unspecified atom stereocenters. The van der Waals surface area contributed by atoms with Gasteiger partial charge in [-0.25, -0.2) is 4.39 Å². The van der Waals surface area contributed by atoms with Crippen LogP contribution in [0.5, 0.6) is 0 Å². The van der Waals surface area contributed by atoms with E-state index >= 15 is 0 Å². The van der Waals surface area contributed by atoms with E-state index in [2.05, 4.69) is 21.6 Å². The van der Waals surface area contributed by atoms with Crippen LogP contribution in [-0.2, 0) is 16.0 Å². The monoisotopic (exact) mass is 418 g/mol. The number of halogens is 1. The van der Waals surface area contributed by atoms with Crippen LogP contribution in [0.25, 0.3) is 0 Å². The molecule has 1 fully saturated rings. The van der Waals surface area contributed by atoms with E-state index < -0.39 is 0 Å². The Hall–Kier alpha value is -2.29. The Bertz CT molecular complexity index is 807. The van der Waals surface area contributed by atoms with Gasteiger partial charge in [0.15, 0.2) is 0 Å². The van der Waals surface area contributed by atoms with Gasteiger partial charge >= 0.3 is 0 Å². The van der Waals surface area contributed by atoms with Crippen molar-refractivity contribution in [1.29, 1.82) is 0 Å². The molecule has 0 saturated carbocycles. The van der Waals surface area contributed by atoms with Gasteiger partial charge in [0.1, 0.15) is 5.82 Å². The molecule has 2 aromatic rings. The van der Waals surface area contributed by atoms with Crippen molar-refractivity contribution in [3.05, 3.63) is 52.5 Å². The number of thiophene rings is 1. The van der Waals surface area contributed by atoms with Crippen molar-refractivity contribution in [2.24, 2.45) is 0 Å². The number of piperazine rings is 1. The fourth-order valence-electron chi connectivity index (χ4n) is 3.36. The predicted octanol–water partition coefficient (Wildman–Crippen LogP) is 2.19. The molecule has 1 atom stereocenters. The van der Waals surface area contributed by atoms with E-state index in [0.29, 0.717) is 25.3 Å². The van der Waals surface area contributed by atoms with Gasteiger partial charge in [-0.2, -0.15) is 0 Å². The maximum atomic E-state index is 13.2. The number of carbonyl (C=O) groups is 2. The molecule has 1 saturated heterocycles. The second kappa shape index (κ2) is 10.5. The van der Waals surface area contributed by atoms with E-state index in [9.17, 15) is 14.0 Å². The summed E-state index contributed by atoms with van der Waals surface area (Å²) in [6.07, 6.45) is 0.852.